The Kier molecular flexibility index (Phi) is 5.28. The third kappa shape index (κ3) is 4.22. The minimum absolute atomic E-state index is 0.0136. The van der Waals surface area contributed by atoms with Crippen LogP contribution in [0.4, 0.5) is 11.4 Å². The van der Waals surface area contributed by atoms with E-state index in [2.05, 4.69) is 61.2 Å². The van der Waals surface area contributed by atoms with E-state index in [1.165, 1.54) is 5.56 Å². The molecule has 1 aromatic heterocycles. The average molecular weight is 352 g/mol. The number of para-hydroxylation sites is 1. The number of hydrogen-bond acceptors (Lipinski definition) is 4. The van der Waals surface area contributed by atoms with Crippen molar-refractivity contribution in [1.82, 2.24) is 14.8 Å². The number of piperazine rings is 1. The lowest BCUT2D eigenvalue weighted by Crippen LogP contribution is -2.47. The molecule has 0 spiro atoms. The number of hydrogen-bond donors (Lipinski definition) is 1. The van der Waals surface area contributed by atoms with Crippen molar-refractivity contribution in [3.63, 3.8) is 0 Å². The predicted octanol–water partition coefficient (Wildman–Crippen LogP) is 3.51. The highest BCUT2D eigenvalue weighted by Crippen LogP contribution is 2.31. The number of likely N-dealkylation sites (N-methyl/N-ethyl adjacent to an activating group) is 1. The lowest BCUT2D eigenvalue weighted by atomic mass is 9.86. The van der Waals surface area contributed by atoms with Crippen molar-refractivity contribution in [2.45, 2.75) is 26.2 Å². The number of pyridine rings is 1. The van der Waals surface area contributed by atoms with Crippen molar-refractivity contribution in [2.24, 2.45) is 0 Å². The van der Waals surface area contributed by atoms with Crippen LogP contribution in [0, 0.1) is 0 Å². The van der Waals surface area contributed by atoms with E-state index in [0.29, 0.717) is 5.69 Å². The van der Waals surface area contributed by atoms with Gasteiger partial charge in [0.15, 0.2) is 0 Å². The van der Waals surface area contributed by atoms with Gasteiger partial charge in [-0.05, 0) is 36.2 Å². The number of anilines is 2. The topological polar surface area (TPSA) is 48.5 Å². The van der Waals surface area contributed by atoms with Crippen LogP contribution in [0.25, 0.3) is 0 Å². The van der Waals surface area contributed by atoms with Crippen LogP contribution >= 0.6 is 0 Å². The summed E-state index contributed by atoms with van der Waals surface area (Å²) in [4.78, 5) is 21.1. The van der Waals surface area contributed by atoms with Crippen LogP contribution in [0.15, 0.2) is 42.6 Å². The second-order valence-corrected chi connectivity index (χ2v) is 7.95. The maximum Gasteiger partial charge on any atom is 0.272 e. The third-order valence-corrected chi connectivity index (χ3v) is 4.79. The number of amides is 1. The van der Waals surface area contributed by atoms with E-state index in [1.807, 2.05) is 23.1 Å². The summed E-state index contributed by atoms with van der Waals surface area (Å²) in [6.07, 6.45) is 1.74. The molecule has 0 atom stereocenters. The van der Waals surface area contributed by atoms with Crippen LogP contribution in [0.3, 0.4) is 0 Å². The summed E-state index contributed by atoms with van der Waals surface area (Å²) >= 11 is 0. The van der Waals surface area contributed by atoms with Gasteiger partial charge in [-0.1, -0.05) is 39.0 Å². The van der Waals surface area contributed by atoms with E-state index in [0.717, 1.165) is 37.6 Å². The lowest BCUT2D eigenvalue weighted by molar-refractivity contribution is 0.0658. The molecular weight excluding hydrogens is 324 g/mol. The van der Waals surface area contributed by atoms with Gasteiger partial charge in [-0.2, -0.15) is 0 Å². The Morgan fingerprint density at radius 2 is 1.73 bits per heavy atom. The molecule has 1 aromatic carbocycles. The van der Waals surface area contributed by atoms with Gasteiger partial charge in [0, 0.05) is 31.9 Å². The van der Waals surface area contributed by atoms with E-state index < -0.39 is 0 Å². The van der Waals surface area contributed by atoms with Crippen LogP contribution in [-0.2, 0) is 5.41 Å². The van der Waals surface area contributed by atoms with Crippen molar-refractivity contribution in [1.29, 1.82) is 0 Å². The molecule has 3 rings (SSSR count). The molecule has 0 unspecified atom stereocenters. The van der Waals surface area contributed by atoms with Crippen LogP contribution in [0.5, 0.6) is 0 Å². The average Bonchev–Trinajstić information content (AvgIpc) is 2.62. The molecule has 1 aliphatic heterocycles. The standard InChI is InChI=1S/C21H28N4O/c1-21(2,3)17-7-5-6-8-18(17)23-16-9-10-19(22-15-16)20(26)25-13-11-24(4)12-14-25/h5-10,15,23H,11-14H2,1-4H3. The van der Waals surface area contributed by atoms with Gasteiger partial charge >= 0.3 is 0 Å². The first-order valence-corrected chi connectivity index (χ1v) is 9.15. The van der Waals surface area contributed by atoms with E-state index in [9.17, 15) is 4.79 Å². The molecule has 2 heterocycles. The maximum absolute atomic E-state index is 12.6. The minimum atomic E-state index is 0.0136. The van der Waals surface area contributed by atoms with Gasteiger partial charge in [0.05, 0.1) is 11.9 Å². The highest BCUT2D eigenvalue weighted by molar-refractivity contribution is 5.92. The van der Waals surface area contributed by atoms with E-state index in [-0.39, 0.29) is 11.3 Å². The fraction of sp³-hybridized carbons (Fsp3) is 0.429. The summed E-state index contributed by atoms with van der Waals surface area (Å²) in [5.41, 5.74) is 3.76. The number of benzene rings is 1. The molecular formula is C21H28N4O. The Morgan fingerprint density at radius 1 is 1.04 bits per heavy atom. The lowest BCUT2D eigenvalue weighted by Gasteiger charge is -2.32. The quantitative estimate of drug-likeness (QED) is 0.918. The molecule has 0 radical (unpaired) electrons. The number of carbonyl (C=O) groups excluding carboxylic acids is 1. The van der Waals surface area contributed by atoms with Gasteiger partial charge in [0.25, 0.3) is 5.91 Å². The Balaban J connectivity index is 1.72. The van der Waals surface area contributed by atoms with Gasteiger partial charge in [0.1, 0.15) is 5.69 Å². The van der Waals surface area contributed by atoms with E-state index in [1.54, 1.807) is 6.20 Å². The SMILES string of the molecule is CN1CCN(C(=O)c2ccc(Nc3ccccc3C(C)(C)C)cn2)CC1. The van der Waals surface area contributed by atoms with Crippen LogP contribution < -0.4 is 5.32 Å². The molecule has 1 saturated heterocycles. The number of aromatic nitrogens is 1. The Morgan fingerprint density at radius 3 is 2.35 bits per heavy atom. The smallest absolute Gasteiger partial charge is 0.272 e. The molecule has 1 amide bonds. The van der Waals surface area contributed by atoms with Crippen molar-refractivity contribution in [3.8, 4) is 0 Å². The molecule has 1 N–H and O–H groups in total. The highest BCUT2D eigenvalue weighted by atomic mass is 16.2. The van der Waals surface area contributed by atoms with E-state index >= 15 is 0 Å². The second kappa shape index (κ2) is 7.46. The summed E-state index contributed by atoms with van der Waals surface area (Å²) in [7, 11) is 2.08. The van der Waals surface area contributed by atoms with Crippen molar-refractivity contribution < 1.29 is 4.79 Å². The Labute approximate surface area is 156 Å². The maximum atomic E-state index is 12.6. The highest BCUT2D eigenvalue weighted by Gasteiger charge is 2.21. The van der Waals surface area contributed by atoms with Crippen molar-refractivity contribution >= 4 is 17.3 Å². The number of rotatable bonds is 3. The molecule has 0 saturated carbocycles. The van der Waals surface area contributed by atoms with Crippen LogP contribution in [-0.4, -0.2) is 53.9 Å². The number of nitrogens with one attached hydrogen (secondary N) is 1. The van der Waals surface area contributed by atoms with Crippen LogP contribution in [0.2, 0.25) is 0 Å². The largest absolute Gasteiger partial charge is 0.354 e. The second-order valence-electron chi connectivity index (χ2n) is 7.95. The van der Waals surface area contributed by atoms with Gasteiger partial charge in [-0.15, -0.1) is 0 Å². The molecule has 1 fully saturated rings. The monoisotopic (exact) mass is 352 g/mol. The summed E-state index contributed by atoms with van der Waals surface area (Å²) in [5.74, 6) is 0.0136. The summed E-state index contributed by atoms with van der Waals surface area (Å²) in [5, 5.41) is 3.44. The fourth-order valence-corrected chi connectivity index (χ4v) is 3.17. The zero-order valence-electron chi connectivity index (χ0n) is 16.1. The van der Waals surface area contributed by atoms with Crippen molar-refractivity contribution in [3.05, 3.63) is 53.9 Å². The first-order valence-electron chi connectivity index (χ1n) is 9.15. The number of nitrogens with zero attached hydrogens (tertiary/aromatic N) is 3. The summed E-state index contributed by atoms with van der Waals surface area (Å²) < 4.78 is 0. The molecule has 2 aromatic rings. The Bertz CT molecular complexity index is 756. The van der Waals surface area contributed by atoms with Crippen molar-refractivity contribution in [2.75, 3.05) is 38.5 Å². The first-order chi connectivity index (χ1) is 12.3. The van der Waals surface area contributed by atoms with E-state index in [4.69, 9.17) is 0 Å². The predicted molar refractivity (Wildman–Crippen MR) is 106 cm³/mol. The zero-order chi connectivity index (χ0) is 18.7. The first kappa shape index (κ1) is 18.4. The summed E-state index contributed by atoms with van der Waals surface area (Å²) in [6, 6.07) is 12.0. The summed E-state index contributed by atoms with van der Waals surface area (Å²) in [6.45, 7) is 9.94. The van der Waals surface area contributed by atoms with Gasteiger partial charge in [-0.25, -0.2) is 4.98 Å². The normalized spacial score (nSPS) is 15.8. The molecule has 5 nitrogen and oxygen atoms in total. The minimum Gasteiger partial charge on any atom is -0.354 e. The molecule has 138 valence electrons. The zero-order valence-corrected chi connectivity index (χ0v) is 16.1. The molecule has 5 heteroatoms. The molecule has 0 bridgehead atoms. The Hall–Kier alpha value is -2.40. The molecule has 0 aliphatic carbocycles. The molecule has 26 heavy (non-hydrogen) atoms. The molecule has 1 aliphatic rings. The van der Waals surface area contributed by atoms with Gasteiger partial charge in [0.2, 0.25) is 0 Å². The number of carbonyl (C=O) groups is 1. The van der Waals surface area contributed by atoms with Gasteiger partial charge in [-0.3, -0.25) is 4.79 Å². The van der Waals surface area contributed by atoms with Crippen LogP contribution in [0.1, 0.15) is 36.8 Å². The fourth-order valence-electron chi connectivity index (χ4n) is 3.17. The third-order valence-electron chi connectivity index (χ3n) is 4.79. The van der Waals surface area contributed by atoms with Gasteiger partial charge < -0.3 is 15.1 Å².